The Bertz CT molecular complexity index is 1710. The summed E-state index contributed by atoms with van der Waals surface area (Å²) >= 11 is 1.53. The molecule has 45 heavy (non-hydrogen) atoms. The van der Waals surface area contributed by atoms with E-state index in [0.717, 1.165) is 80.4 Å². The monoisotopic (exact) mass is 630 g/mol. The minimum absolute atomic E-state index is 0.0112. The molecule has 12 heteroatoms. The normalized spacial score (nSPS) is 23.6. The zero-order chi connectivity index (χ0) is 31.8. The van der Waals surface area contributed by atoms with Crippen LogP contribution in [-0.4, -0.2) is 75.9 Å². The molecule has 0 saturated carbocycles. The summed E-state index contributed by atoms with van der Waals surface area (Å²) in [5, 5.41) is 26.0. The topological polar surface area (TPSA) is 149 Å². The maximum absolute atomic E-state index is 13.7. The molecule has 0 aromatic carbocycles. The summed E-state index contributed by atoms with van der Waals surface area (Å²) in [7, 11) is 4.02. The number of hydrogen-bond donors (Lipinski definition) is 2. The third kappa shape index (κ3) is 4.73. The van der Waals surface area contributed by atoms with Crippen LogP contribution in [0.15, 0.2) is 4.52 Å². The van der Waals surface area contributed by atoms with Crippen molar-refractivity contribution in [1.82, 2.24) is 20.0 Å². The summed E-state index contributed by atoms with van der Waals surface area (Å²) in [4.78, 5) is 31.2. The van der Waals surface area contributed by atoms with Crippen molar-refractivity contribution in [3.63, 3.8) is 0 Å². The van der Waals surface area contributed by atoms with E-state index < -0.39 is 11.0 Å². The SMILES string of the molecule is C[C@H]([C@@H]1CCCN1C)N1C(=O)Cc2c(N(C)CC(C)(C)O)nc(-c3noc4c3CCC[C@@]43CCCc4sc(N)c(C#N)c43)nc21. The van der Waals surface area contributed by atoms with Gasteiger partial charge in [0.25, 0.3) is 0 Å². The number of carbonyl (C=O) groups is 1. The first-order valence-corrected chi connectivity index (χ1v) is 16.9. The Labute approximate surface area is 268 Å². The molecule has 3 aromatic heterocycles. The Balaban J connectivity index is 1.38. The van der Waals surface area contributed by atoms with Gasteiger partial charge < -0.3 is 25.2 Å². The van der Waals surface area contributed by atoms with Gasteiger partial charge >= 0.3 is 0 Å². The van der Waals surface area contributed by atoms with E-state index in [4.69, 9.17) is 20.2 Å². The van der Waals surface area contributed by atoms with E-state index >= 15 is 0 Å². The summed E-state index contributed by atoms with van der Waals surface area (Å²) in [6.07, 6.45) is 7.64. The number of aliphatic hydroxyl groups is 1. The van der Waals surface area contributed by atoms with Gasteiger partial charge in [-0.25, -0.2) is 9.97 Å². The van der Waals surface area contributed by atoms with Crippen molar-refractivity contribution in [2.24, 2.45) is 0 Å². The standard InChI is InChI=1S/C33H42N8O3S/c1-18(22-10-8-14-39(22)4)41-24(42)15-20-30(40(5)17-32(2,3)43)36-29(37-31(20)41)26-19-9-6-12-33(27(19)44-38-26)13-7-11-23-25(33)21(16-34)28(35)45-23/h18,22,43H,6-15,17,35H2,1-5H3/t18-,22+,33+/m1/s1. The molecule has 238 valence electrons. The number of anilines is 3. The molecule has 11 nitrogen and oxygen atoms in total. The molecule has 3 atom stereocenters. The number of likely N-dealkylation sites (tertiary alicyclic amines) is 1. The van der Waals surface area contributed by atoms with Gasteiger partial charge in [0.15, 0.2) is 17.3 Å². The third-order valence-electron chi connectivity index (χ3n) is 10.4. The molecule has 0 bridgehead atoms. The number of nitrogen functional groups attached to an aromatic ring is 1. The van der Waals surface area contributed by atoms with E-state index in [-0.39, 0.29) is 24.4 Å². The highest BCUT2D eigenvalue weighted by Crippen LogP contribution is 2.55. The first kappa shape index (κ1) is 30.1. The van der Waals surface area contributed by atoms with Crippen molar-refractivity contribution in [2.45, 2.75) is 102 Å². The highest BCUT2D eigenvalue weighted by molar-refractivity contribution is 7.16. The highest BCUT2D eigenvalue weighted by atomic mass is 32.1. The van der Waals surface area contributed by atoms with Crippen molar-refractivity contribution in [1.29, 1.82) is 5.26 Å². The number of hydrogen-bond acceptors (Lipinski definition) is 11. The molecule has 0 radical (unpaired) electrons. The van der Waals surface area contributed by atoms with E-state index in [0.29, 0.717) is 40.3 Å². The van der Waals surface area contributed by atoms with Crippen molar-refractivity contribution >= 4 is 33.9 Å². The minimum Gasteiger partial charge on any atom is -0.389 e. The van der Waals surface area contributed by atoms with Gasteiger partial charge in [0.1, 0.15) is 22.7 Å². The molecule has 0 unspecified atom stereocenters. The molecular formula is C33H42N8O3S. The predicted octanol–water partition coefficient (Wildman–Crippen LogP) is 4.18. The van der Waals surface area contributed by atoms with Crippen LogP contribution in [0, 0.1) is 11.3 Å². The number of nitrogens with zero attached hydrogens (tertiary/aromatic N) is 7. The molecule has 1 amide bonds. The summed E-state index contributed by atoms with van der Waals surface area (Å²) in [6.45, 7) is 6.98. The lowest BCUT2D eigenvalue weighted by atomic mass is 9.63. The molecule has 1 fully saturated rings. The number of carbonyl (C=O) groups excluding carboxylic acids is 1. The second-order valence-electron chi connectivity index (χ2n) is 14.1. The molecule has 1 saturated heterocycles. The van der Waals surface area contributed by atoms with E-state index in [9.17, 15) is 15.2 Å². The summed E-state index contributed by atoms with van der Waals surface area (Å²) in [6, 6.07) is 2.56. The highest BCUT2D eigenvalue weighted by Gasteiger charge is 2.49. The van der Waals surface area contributed by atoms with Crippen LogP contribution in [0.3, 0.4) is 0 Å². The van der Waals surface area contributed by atoms with Gasteiger partial charge in [-0.3, -0.25) is 9.69 Å². The number of aromatic nitrogens is 3. The Kier molecular flexibility index (Phi) is 7.22. The lowest BCUT2D eigenvalue weighted by Crippen LogP contribution is -2.48. The number of nitrogens with two attached hydrogens (primary N) is 1. The van der Waals surface area contributed by atoms with Crippen molar-refractivity contribution < 1.29 is 14.4 Å². The van der Waals surface area contributed by atoms with Crippen molar-refractivity contribution in [3.05, 3.63) is 32.9 Å². The lowest BCUT2D eigenvalue weighted by molar-refractivity contribution is -0.118. The minimum atomic E-state index is -0.978. The largest absolute Gasteiger partial charge is 0.389 e. The second-order valence-corrected chi connectivity index (χ2v) is 15.2. The van der Waals surface area contributed by atoms with Crippen LogP contribution in [0.1, 0.15) is 92.2 Å². The number of thiophene rings is 1. The number of aryl methyl sites for hydroxylation is 1. The van der Waals surface area contributed by atoms with Gasteiger partial charge in [-0.2, -0.15) is 5.26 Å². The molecule has 2 aliphatic heterocycles. The molecule has 2 aliphatic carbocycles. The Morgan fingerprint density at radius 2 is 2.00 bits per heavy atom. The van der Waals surface area contributed by atoms with Gasteiger partial charge in [0.05, 0.1) is 29.0 Å². The third-order valence-corrected chi connectivity index (χ3v) is 11.5. The summed E-state index contributed by atoms with van der Waals surface area (Å²) < 4.78 is 6.28. The Morgan fingerprint density at radius 3 is 2.69 bits per heavy atom. The quantitative estimate of drug-likeness (QED) is 0.406. The van der Waals surface area contributed by atoms with Gasteiger partial charge in [-0.05, 0) is 91.3 Å². The summed E-state index contributed by atoms with van der Waals surface area (Å²) in [5.74, 6) is 2.47. The van der Waals surface area contributed by atoms with Crippen molar-refractivity contribution in [3.8, 4) is 17.6 Å². The number of amides is 1. The van der Waals surface area contributed by atoms with E-state index in [1.54, 1.807) is 13.8 Å². The molecule has 3 aromatic rings. The average molecular weight is 631 g/mol. The van der Waals surface area contributed by atoms with E-state index in [1.165, 1.54) is 16.2 Å². The van der Waals surface area contributed by atoms with Crippen LogP contribution in [0.5, 0.6) is 0 Å². The Morgan fingerprint density at radius 1 is 1.24 bits per heavy atom. The molecule has 1 spiro atoms. The second kappa shape index (κ2) is 10.8. The van der Waals surface area contributed by atoms with Crippen LogP contribution in [0.25, 0.3) is 11.5 Å². The fourth-order valence-corrected chi connectivity index (χ4v) is 9.76. The van der Waals surface area contributed by atoms with Crippen molar-refractivity contribution in [2.75, 3.05) is 42.7 Å². The van der Waals surface area contributed by atoms with Crippen LogP contribution in [0.4, 0.5) is 16.6 Å². The Hall–Kier alpha value is -3.53. The van der Waals surface area contributed by atoms with Gasteiger partial charge in [0, 0.05) is 35.6 Å². The lowest BCUT2D eigenvalue weighted by Gasteiger charge is -2.39. The maximum atomic E-state index is 13.7. The maximum Gasteiger partial charge on any atom is 0.233 e. The number of likely N-dealkylation sites (N-methyl/N-ethyl adjacent to an activating group) is 2. The van der Waals surface area contributed by atoms with Gasteiger partial charge in [0.2, 0.25) is 5.91 Å². The zero-order valence-electron chi connectivity index (χ0n) is 26.8. The van der Waals surface area contributed by atoms with E-state index in [1.807, 2.05) is 16.8 Å². The van der Waals surface area contributed by atoms with Crippen LogP contribution in [-0.2, 0) is 29.5 Å². The predicted molar refractivity (Wildman–Crippen MR) is 174 cm³/mol. The number of nitriles is 1. The first-order valence-electron chi connectivity index (χ1n) is 16.1. The first-order chi connectivity index (χ1) is 21.4. The molecule has 3 N–H and O–H groups in total. The molecule has 5 heterocycles. The number of rotatable bonds is 6. The van der Waals surface area contributed by atoms with E-state index in [2.05, 4.69) is 30.1 Å². The average Bonchev–Trinajstić information content (AvgIpc) is 3.75. The van der Waals surface area contributed by atoms with Gasteiger partial charge in [-0.15, -0.1) is 11.3 Å². The zero-order valence-corrected chi connectivity index (χ0v) is 27.6. The van der Waals surface area contributed by atoms with Crippen LogP contribution >= 0.6 is 11.3 Å². The molecule has 7 rings (SSSR count). The molecular weight excluding hydrogens is 588 g/mol. The van der Waals surface area contributed by atoms with Crippen LogP contribution in [0.2, 0.25) is 0 Å². The number of fused-ring (bicyclic) bond motifs is 5. The smallest absolute Gasteiger partial charge is 0.233 e. The fraction of sp³-hybridized carbons (Fsp3) is 0.606. The van der Waals surface area contributed by atoms with Crippen LogP contribution < -0.4 is 15.5 Å². The van der Waals surface area contributed by atoms with Gasteiger partial charge in [-0.1, -0.05) is 5.16 Å². The summed E-state index contributed by atoms with van der Waals surface area (Å²) in [5.41, 5.74) is 8.86. The molecule has 4 aliphatic rings. The fourth-order valence-electron chi connectivity index (χ4n) is 8.60.